The van der Waals surface area contributed by atoms with E-state index in [0.717, 1.165) is 0 Å². The van der Waals surface area contributed by atoms with Crippen LogP contribution in [0.15, 0.2) is 0 Å². The van der Waals surface area contributed by atoms with Crippen molar-refractivity contribution in [1.29, 1.82) is 0 Å². The molecular formula is C3H4Cl2F2O. The summed E-state index contributed by atoms with van der Waals surface area (Å²) in [6.45, 7) is 0.560. The molecule has 0 spiro atoms. The van der Waals surface area contributed by atoms with Crippen LogP contribution < -0.4 is 0 Å². The highest BCUT2D eigenvalue weighted by atomic mass is 35.5. The fourth-order valence-electron chi connectivity index (χ4n) is 0.156. The van der Waals surface area contributed by atoms with E-state index in [4.69, 9.17) is 23.2 Å². The molecule has 0 aliphatic heterocycles. The average molecular weight is 165 g/mol. The molecule has 0 amide bonds. The van der Waals surface area contributed by atoms with Crippen LogP contribution in [0.2, 0.25) is 0 Å². The van der Waals surface area contributed by atoms with Crippen molar-refractivity contribution in [3.8, 4) is 0 Å². The van der Waals surface area contributed by atoms with Crippen molar-refractivity contribution in [2.45, 2.75) is 18.1 Å². The Kier molecular flexibility index (Phi) is 2.94. The molecule has 50 valence electrons. The maximum Gasteiger partial charge on any atom is 0.355 e. The van der Waals surface area contributed by atoms with Crippen molar-refractivity contribution < 1.29 is 13.5 Å². The minimum Gasteiger partial charge on any atom is -0.287 e. The van der Waals surface area contributed by atoms with Gasteiger partial charge in [0.05, 0.1) is 0 Å². The molecule has 0 aromatic carbocycles. The molecule has 0 bridgehead atoms. The van der Waals surface area contributed by atoms with Crippen LogP contribution in [-0.2, 0) is 4.74 Å². The lowest BCUT2D eigenvalue weighted by Crippen LogP contribution is -2.17. The van der Waals surface area contributed by atoms with Crippen LogP contribution in [0.25, 0.3) is 0 Å². The molecule has 0 rings (SSSR count). The van der Waals surface area contributed by atoms with Crippen molar-refractivity contribution in [3.05, 3.63) is 0 Å². The Morgan fingerprint density at radius 1 is 1.50 bits per heavy atom. The van der Waals surface area contributed by atoms with Crippen molar-refractivity contribution in [3.63, 3.8) is 0 Å². The van der Waals surface area contributed by atoms with Crippen LogP contribution in [0.3, 0.4) is 0 Å². The first-order chi connectivity index (χ1) is 3.42. The van der Waals surface area contributed by atoms with Crippen molar-refractivity contribution >= 4 is 23.2 Å². The minimum absolute atomic E-state index is 0.560. The lowest BCUT2D eigenvalue weighted by molar-refractivity contribution is -0.220. The Bertz CT molecular complexity index is 70.2. The quantitative estimate of drug-likeness (QED) is 0.570. The maximum absolute atomic E-state index is 11.6. The Morgan fingerprint density at radius 3 is 1.88 bits per heavy atom. The lowest BCUT2D eigenvalue weighted by atomic mass is 10.7. The topological polar surface area (TPSA) is 9.23 Å². The van der Waals surface area contributed by atoms with Crippen LogP contribution in [-0.4, -0.2) is 11.1 Å². The summed E-state index contributed by atoms with van der Waals surface area (Å²) >= 11 is 9.65. The molecule has 0 aromatic heterocycles. The van der Waals surface area contributed by atoms with Gasteiger partial charge in [-0.3, -0.25) is 4.74 Å². The van der Waals surface area contributed by atoms with Gasteiger partial charge < -0.3 is 0 Å². The zero-order valence-corrected chi connectivity index (χ0v) is 5.51. The molecule has 0 atom stereocenters. The van der Waals surface area contributed by atoms with E-state index in [1.807, 2.05) is 0 Å². The molecule has 0 radical (unpaired) electrons. The second kappa shape index (κ2) is 2.80. The Hall–Kier alpha value is 0.400. The van der Waals surface area contributed by atoms with Gasteiger partial charge in [0.1, 0.15) is 0 Å². The summed E-state index contributed by atoms with van der Waals surface area (Å²) in [6.07, 6.45) is -3.24. The third kappa shape index (κ3) is 6.40. The van der Waals surface area contributed by atoms with Crippen LogP contribution in [0.1, 0.15) is 6.92 Å². The van der Waals surface area contributed by atoms with Gasteiger partial charge in [0, 0.05) is 6.92 Å². The van der Waals surface area contributed by atoms with Gasteiger partial charge in [0.2, 0.25) is 5.02 Å². The summed E-state index contributed by atoms with van der Waals surface area (Å²) in [4.78, 5) is 0. The molecule has 8 heavy (non-hydrogen) atoms. The number of hydrogen-bond acceptors (Lipinski definition) is 1. The third-order valence-electron chi connectivity index (χ3n) is 0.296. The van der Waals surface area contributed by atoms with Crippen LogP contribution in [0, 0.1) is 0 Å². The van der Waals surface area contributed by atoms with E-state index in [9.17, 15) is 8.78 Å². The van der Waals surface area contributed by atoms with Gasteiger partial charge in [-0.2, -0.15) is 8.78 Å². The van der Waals surface area contributed by atoms with Gasteiger partial charge in [-0.25, -0.2) is 0 Å². The second-order valence-corrected chi connectivity index (χ2v) is 2.20. The van der Waals surface area contributed by atoms with Gasteiger partial charge in [-0.15, -0.1) is 0 Å². The molecule has 0 saturated carbocycles. The molecule has 0 saturated heterocycles. The van der Waals surface area contributed by atoms with Crippen molar-refractivity contribution in [2.75, 3.05) is 0 Å². The molecule has 0 unspecified atom stereocenters. The Morgan fingerprint density at radius 2 is 1.88 bits per heavy atom. The Labute approximate surface area is 55.5 Å². The molecule has 0 N–H and O–H groups in total. The fraction of sp³-hybridized carbons (Fsp3) is 1.00. The predicted molar refractivity (Wildman–Crippen MR) is 27.2 cm³/mol. The number of halogens is 4. The summed E-state index contributed by atoms with van der Waals surface area (Å²) in [6, 6.07) is 0. The lowest BCUT2D eigenvalue weighted by Gasteiger charge is -2.10. The van der Waals surface area contributed by atoms with Crippen LogP contribution in [0.5, 0.6) is 0 Å². The molecule has 1 nitrogen and oxygen atoms in total. The summed E-state index contributed by atoms with van der Waals surface area (Å²) < 4.78 is 26.8. The van der Waals surface area contributed by atoms with Gasteiger partial charge in [-0.05, 0) is 0 Å². The van der Waals surface area contributed by atoms with Crippen molar-refractivity contribution in [1.82, 2.24) is 0 Å². The smallest absolute Gasteiger partial charge is 0.287 e. The summed E-state index contributed by atoms with van der Waals surface area (Å²) in [7, 11) is 0. The van der Waals surface area contributed by atoms with Crippen LogP contribution in [0.4, 0.5) is 8.78 Å². The van der Waals surface area contributed by atoms with Crippen molar-refractivity contribution in [2.24, 2.45) is 0 Å². The second-order valence-electron chi connectivity index (χ2n) is 1.19. The first-order valence-electron chi connectivity index (χ1n) is 1.75. The minimum atomic E-state index is -3.24. The predicted octanol–water partition coefficient (Wildman–Crippen LogP) is 2.38. The van der Waals surface area contributed by atoms with E-state index in [0.29, 0.717) is 6.92 Å². The third-order valence-corrected chi connectivity index (χ3v) is 0.474. The molecule has 0 aliphatic rings. The van der Waals surface area contributed by atoms with E-state index < -0.39 is 11.1 Å². The molecule has 0 aliphatic carbocycles. The van der Waals surface area contributed by atoms with Gasteiger partial charge in [0.25, 0.3) is 0 Å². The SMILES string of the molecule is CC(F)(F)OC(Cl)Cl. The highest BCUT2D eigenvalue weighted by Gasteiger charge is 2.24. The van der Waals surface area contributed by atoms with Crippen LogP contribution >= 0.6 is 23.2 Å². The molecular weight excluding hydrogens is 161 g/mol. The summed E-state index contributed by atoms with van der Waals surface area (Å²) in [5.41, 5.74) is 0. The van der Waals surface area contributed by atoms with Gasteiger partial charge in [0.15, 0.2) is 0 Å². The standard InChI is InChI=1S/C3H4Cl2F2O/c1-3(6,7)8-2(4)5/h2H,1H3. The van der Waals surface area contributed by atoms with Gasteiger partial charge in [-0.1, -0.05) is 23.2 Å². The first kappa shape index (κ1) is 8.40. The maximum atomic E-state index is 11.6. The fourth-order valence-corrected chi connectivity index (χ4v) is 0.469. The Balaban J connectivity index is 3.39. The van der Waals surface area contributed by atoms with E-state index in [1.54, 1.807) is 0 Å². The van der Waals surface area contributed by atoms with Gasteiger partial charge >= 0.3 is 6.11 Å². The summed E-state index contributed by atoms with van der Waals surface area (Å²) in [5, 5.41) is -1.46. The zero-order valence-electron chi connectivity index (χ0n) is 4.00. The molecule has 0 aromatic rings. The van der Waals surface area contributed by atoms with E-state index in [2.05, 4.69) is 4.74 Å². The first-order valence-corrected chi connectivity index (χ1v) is 2.63. The largest absolute Gasteiger partial charge is 0.355 e. The van der Waals surface area contributed by atoms with E-state index in [1.165, 1.54) is 0 Å². The number of hydrogen-bond donors (Lipinski definition) is 0. The van der Waals surface area contributed by atoms with E-state index >= 15 is 0 Å². The molecule has 0 heterocycles. The molecule has 5 heteroatoms. The molecule has 0 fully saturated rings. The van der Waals surface area contributed by atoms with E-state index in [-0.39, 0.29) is 0 Å². The zero-order chi connectivity index (χ0) is 6.78. The number of ether oxygens (including phenoxy) is 1. The number of rotatable bonds is 2. The normalized spacial score (nSPS) is 12.8. The number of alkyl halides is 4. The highest BCUT2D eigenvalue weighted by Crippen LogP contribution is 2.19. The average Bonchev–Trinajstić information content (AvgIpc) is 1.21. The summed E-state index contributed by atoms with van der Waals surface area (Å²) in [5.74, 6) is 0. The highest BCUT2D eigenvalue weighted by molar-refractivity contribution is 6.43. The monoisotopic (exact) mass is 164 g/mol.